The van der Waals surface area contributed by atoms with Crippen LogP contribution in [0.15, 0.2) is 30.3 Å². The summed E-state index contributed by atoms with van der Waals surface area (Å²) in [5.74, 6) is -0.767. The summed E-state index contributed by atoms with van der Waals surface area (Å²) in [5.41, 5.74) is 1.06. The van der Waals surface area contributed by atoms with E-state index in [1.165, 1.54) is 32.1 Å². The minimum absolute atomic E-state index is 0.247. The molecule has 118 valence electrons. The number of rotatable bonds is 11. The molecule has 0 aliphatic heterocycles. The number of aliphatic carboxylic acids is 1. The van der Waals surface area contributed by atoms with Gasteiger partial charge in [-0.2, -0.15) is 0 Å². The summed E-state index contributed by atoms with van der Waals surface area (Å²) in [6, 6.07) is 9.55. The van der Waals surface area contributed by atoms with Crippen molar-refractivity contribution in [3.8, 4) is 0 Å². The predicted molar refractivity (Wildman–Crippen MR) is 87.5 cm³/mol. The molecule has 0 aliphatic rings. The van der Waals surface area contributed by atoms with Gasteiger partial charge in [0.05, 0.1) is 0 Å². The van der Waals surface area contributed by atoms with Gasteiger partial charge in [0.1, 0.15) is 6.04 Å². The number of carboxylic acids is 1. The lowest BCUT2D eigenvalue weighted by molar-refractivity contribution is -0.139. The number of carboxylic acid groups (broad SMARTS) is 1. The van der Waals surface area contributed by atoms with Crippen LogP contribution in [0.4, 0.5) is 0 Å². The van der Waals surface area contributed by atoms with Crippen molar-refractivity contribution in [3.63, 3.8) is 0 Å². The number of carbonyl (C=O) groups is 1. The van der Waals surface area contributed by atoms with Crippen molar-refractivity contribution in [2.45, 2.75) is 70.9 Å². The molecule has 1 aromatic rings. The molecule has 0 spiro atoms. The summed E-state index contributed by atoms with van der Waals surface area (Å²) in [5, 5.41) is 12.6. The van der Waals surface area contributed by atoms with E-state index in [2.05, 4.69) is 19.2 Å². The van der Waals surface area contributed by atoms with Gasteiger partial charge < -0.3 is 10.4 Å². The molecule has 1 unspecified atom stereocenters. The Morgan fingerprint density at radius 3 is 2.43 bits per heavy atom. The first-order valence-electron chi connectivity index (χ1n) is 8.16. The summed E-state index contributed by atoms with van der Waals surface area (Å²) in [7, 11) is 0. The van der Waals surface area contributed by atoms with Gasteiger partial charge in [-0.05, 0) is 25.3 Å². The Bertz CT molecular complexity index is 391. The van der Waals surface area contributed by atoms with Crippen LogP contribution in [0.3, 0.4) is 0 Å². The van der Waals surface area contributed by atoms with Crippen molar-refractivity contribution in [3.05, 3.63) is 35.9 Å². The molecule has 3 nitrogen and oxygen atoms in total. The Kier molecular flexibility index (Phi) is 8.76. The highest BCUT2D eigenvalue weighted by Crippen LogP contribution is 2.09. The van der Waals surface area contributed by atoms with E-state index < -0.39 is 12.0 Å². The molecule has 0 amide bonds. The summed E-state index contributed by atoms with van der Waals surface area (Å²) >= 11 is 0. The second-order valence-corrected chi connectivity index (χ2v) is 5.85. The molecule has 0 saturated carbocycles. The van der Waals surface area contributed by atoms with Crippen LogP contribution < -0.4 is 5.32 Å². The summed E-state index contributed by atoms with van der Waals surface area (Å²) < 4.78 is 0. The Morgan fingerprint density at radius 2 is 1.81 bits per heavy atom. The molecule has 0 bridgehead atoms. The van der Waals surface area contributed by atoms with E-state index in [0.29, 0.717) is 6.42 Å². The summed E-state index contributed by atoms with van der Waals surface area (Å²) in [6.07, 6.45) is 7.84. The molecule has 0 radical (unpaired) electrons. The van der Waals surface area contributed by atoms with E-state index in [1.807, 2.05) is 30.3 Å². The zero-order valence-electron chi connectivity index (χ0n) is 13.3. The van der Waals surface area contributed by atoms with E-state index in [4.69, 9.17) is 0 Å². The lowest BCUT2D eigenvalue weighted by Gasteiger charge is -2.20. The maximum atomic E-state index is 11.4. The molecule has 0 fully saturated rings. The maximum Gasteiger partial charge on any atom is 0.321 e. The average molecular weight is 291 g/mol. The average Bonchev–Trinajstić information content (AvgIpc) is 2.47. The first-order valence-corrected chi connectivity index (χ1v) is 8.16. The lowest BCUT2D eigenvalue weighted by Crippen LogP contribution is -2.43. The molecule has 0 saturated heterocycles. The van der Waals surface area contributed by atoms with Gasteiger partial charge in [0.15, 0.2) is 0 Å². The first kappa shape index (κ1) is 17.7. The third-order valence-electron chi connectivity index (χ3n) is 3.81. The van der Waals surface area contributed by atoms with Crippen molar-refractivity contribution in [1.82, 2.24) is 5.32 Å². The summed E-state index contributed by atoms with van der Waals surface area (Å²) in [6.45, 7) is 4.30. The fourth-order valence-corrected chi connectivity index (χ4v) is 2.55. The van der Waals surface area contributed by atoms with Crippen LogP contribution in [0, 0.1) is 0 Å². The van der Waals surface area contributed by atoms with Gasteiger partial charge in [-0.3, -0.25) is 4.79 Å². The predicted octanol–water partition coefficient (Wildman–Crippen LogP) is 4.02. The lowest BCUT2D eigenvalue weighted by atomic mass is 10.0. The monoisotopic (exact) mass is 291 g/mol. The van der Waals surface area contributed by atoms with E-state index in [-0.39, 0.29) is 6.04 Å². The van der Waals surface area contributed by atoms with Crippen molar-refractivity contribution in [2.75, 3.05) is 0 Å². The molecule has 1 rings (SSSR count). The zero-order chi connectivity index (χ0) is 15.5. The van der Waals surface area contributed by atoms with Crippen molar-refractivity contribution >= 4 is 5.97 Å². The zero-order valence-corrected chi connectivity index (χ0v) is 13.3. The van der Waals surface area contributed by atoms with Crippen LogP contribution in [0.2, 0.25) is 0 Å². The standard InChI is InChI=1S/C18H29NO2/c1-3-4-5-6-8-11-15(2)19-17(18(20)21)14-16-12-9-7-10-13-16/h7,9-10,12-13,15,17,19H,3-6,8,11,14H2,1-2H3,(H,20,21)/t15?,17-/m0/s1. The Labute approximate surface area is 128 Å². The SMILES string of the molecule is CCCCCCCC(C)N[C@@H](Cc1ccccc1)C(=O)O. The Balaban J connectivity index is 2.34. The fourth-order valence-electron chi connectivity index (χ4n) is 2.55. The van der Waals surface area contributed by atoms with Crippen molar-refractivity contribution < 1.29 is 9.90 Å². The van der Waals surface area contributed by atoms with E-state index in [0.717, 1.165) is 12.0 Å². The van der Waals surface area contributed by atoms with Gasteiger partial charge in [-0.1, -0.05) is 69.4 Å². The van der Waals surface area contributed by atoms with Gasteiger partial charge in [-0.15, -0.1) is 0 Å². The quantitative estimate of drug-likeness (QED) is 0.605. The van der Waals surface area contributed by atoms with Crippen LogP contribution in [0.25, 0.3) is 0 Å². The normalized spacial score (nSPS) is 13.8. The van der Waals surface area contributed by atoms with Gasteiger partial charge in [0.2, 0.25) is 0 Å². The van der Waals surface area contributed by atoms with Gasteiger partial charge in [0, 0.05) is 6.04 Å². The third-order valence-corrected chi connectivity index (χ3v) is 3.81. The smallest absolute Gasteiger partial charge is 0.321 e. The second-order valence-electron chi connectivity index (χ2n) is 5.85. The molecule has 2 N–H and O–H groups in total. The molecular formula is C18H29NO2. The third kappa shape index (κ3) is 7.86. The van der Waals surface area contributed by atoms with Gasteiger partial charge in [0.25, 0.3) is 0 Å². The molecule has 0 aromatic heterocycles. The minimum atomic E-state index is -0.767. The topological polar surface area (TPSA) is 49.3 Å². The van der Waals surface area contributed by atoms with Crippen LogP contribution in [0.1, 0.15) is 57.9 Å². The molecule has 0 heterocycles. The first-order chi connectivity index (χ1) is 10.1. The minimum Gasteiger partial charge on any atom is -0.480 e. The number of nitrogens with one attached hydrogen (secondary N) is 1. The van der Waals surface area contributed by atoms with Crippen LogP contribution in [0.5, 0.6) is 0 Å². The van der Waals surface area contributed by atoms with E-state index in [1.54, 1.807) is 0 Å². The maximum absolute atomic E-state index is 11.4. The van der Waals surface area contributed by atoms with Crippen LogP contribution >= 0.6 is 0 Å². The highest BCUT2D eigenvalue weighted by Gasteiger charge is 2.19. The number of benzene rings is 1. The Hall–Kier alpha value is -1.35. The van der Waals surface area contributed by atoms with Gasteiger partial charge >= 0.3 is 5.97 Å². The summed E-state index contributed by atoms with van der Waals surface area (Å²) in [4.78, 5) is 11.4. The highest BCUT2D eigenvalue weighted by atomic mass is 16.4. The molecule has 21 heavy (non-hydrogen) atoms. The molecule has 2 atom stereocenters. The highest BCUT2D eigenvalue weighted by molar-refractivity contribution is 5.74. The number of hydrogen-bond acceptors (Lipinski definition) is 2. The van der Waals surface area contributed by atoms with Crippen molar-refractivity contribution in [1.29, 1.82) is 0 Å². The van der Waals surface area contributed by atoms with Crippen molar-refractivity contribution in [2.24, 2.45) is 0 Å². The largest absolute Gasteiger partial charge is 0.480 e. The molecule has 1 aromatic carbocycles. The van der Waals surface area contributed by atoms with Crippen LogP contribution in [-0.2, 0) is 11.2 Å². The molecular weight excluding hydrogens is 262 g/mol. The van der Waals surface area contributed by atoms with Gasteiger partial charge in [-0.25, -0.2) is 0 Å². The van der Waals surface area contributed by atoms with E-state index >= 15 is 0 Å². The fraction of sp³-hybridized carbons (Fsp3) is 0.611. The molecule has 3 heteroatoms. The van der Waals surface area contributed by atoms with Crippen LogP contribution in [-0.4, -0.2) is 23.2 Å². The molecule has 0 aliphatic carbocycles. The second kappa shape index (κ2) is 10.4. The number of hydrogen-bond donors (Lipinski definition) is 2. The number of unbranched alkanes of at least 4 members (excludes halogenated alkanes) is 4. The Morgan fingerprint density at radius 1 is 1.14 bits per heavy atom. The van der Waals surface area contributed by atoms with E-state index in [9.17, 15) is 9.90 Å².